The van der Waals surface area contributed by atoms with E-state index in [1.165, 1.54) is 37.0 Å². The van der Waals surface area contributed by atoms with Gasteiger partial charge in [0.05, 0.1) is 11.7 Å². The van der Waals surface area contributed by atoms with Crippen molar-refractivity contribution in [3.63, 3.8) is 0 Å². The summed E-state index contributed by atoms with van der Waals surface area (Å²) in [5.41, 5.74) is 5.47. The fourth-order valence-corrected chi connectivity index (χ4v) is 4.45. The lowest BCUT2D eigenvalue weighted by Crippen LogP contribution is -1.93. The van der Waals surface area contributed by atoms with Gasteiger partial charge in [-0.25, -0.2) is 18.3 Å². The number of nitrogens with zero attached hydrogens (tertiary/aromatic N) is 4. The van der Waals surface area contributed by atoms with Crippen LogP contribution < -0.4 is 0 Å². The van der Waals surface area contributed by atoms with Crippen molar-refractivity contribution in [1.29, 1.82) is 0 Å². The molecule has 1 saturated carbocycles. The van der Waals surface area contributed by atoms with Crippen LogP contribution >= 0.6 is 0 Å². The minimum atomic E-state index is -2.53. The third-order valence-corrected chi connectivity index (χ3v) is 6.21. The molecular weight excluding hydrogens is 394 g/mol. The molecule has 31 heavy (non-hydrogen) atoms. The van der Waals surface area contributed by atoms with E-state index in [0.29, 0.717) is 16.6 Å². The van der Waals surface area contributed by atoms with Crippen molar-refractivity contribution in [2.75, 3.05) is 0 Å². The Hall–Kier alpha value is -3.15. The van der Waals surface area contributed by atoms with Crippen molar-refractivity contribution in [3.8, 4) is 11.1 Å². The van der Waals surface area contributed by atoms with Crippen molar-refractivity contribution in [2.45, 2.75) is 45.5 Å². The molecule has 158 valence electrons. The third-order valence-electron chi connectivity index (χ3n) is 6.21. The monoisotopic (exact) mass is 418 g/mol. The molecule has 1 fully saturated rings. The summed E-state index contributed by atoms with van der Waals surface area (Å²) in [6, 6.07) is 6.40. The Morgan fingerprint density at radius 1 is 1.06 bits per heavy atom. The van der Waals surface area contributed by atoms with Crippen LogP contribution in [0.3, 0.4) is 0 Å². The first-order valence-corrected chi connectivity index (χ1v) is 10.8. The van der Waals surface area contributed by atoms with Crippen LogP contribution in [0.2, 0.25) is 0 Å². The molecule has 3 aromatic heterocycles. The zero-order chi connectivity index (χ0) is 21.4. The van der Waals surface area contributed by atoms with Crippen molar-refractivity contribution >= 4 is 22.6 Å². The van der Waals surface area contributed by atoms with Crippen LogP contribution in [0, 0.1) is 5.92 Å². The highest BCUT2D eigenvalue weighted by Crippen LogP contribution is 2.33. The molecule has 1 aliphatic rings. The number of aromatic nitrogens is 4. The average molecular weight is 418 g/mol. The number of alkyl halides is 2. The molecule has 0 bridgehead atoms. The summed E-state index contributed by atoms with van der Waals surface area (Å²) < 4.78 is 28.3. The number of halogens is 2. The summed E-state index contributed by atoms with van der Waals surface area (Å²) >= 11 is 0. The minimum Gasteiger partial charge on any atom is -0.256 e. The Balaban J connectivity index is 1.55. The first kappa shape index (κ1) is 19.8. The van der Waals surface area contributed by atoms with E-state index in [0.717, 1.165) is 35.4 Å². The number of pyridine rings is 1. The highest BCUT2D eigenvalue weighted by Gasteiger charge is 2.15. The fraction of sp³-hybridized carbons (Fsp3) is 0.320. The summed E-state index contributed by atoms with van der Waals surface area (Å²) in [4.78, 5) is 9.00. The van der Waals surface area contributed by atoms with Gasteiger partial charge in [-0.05, 0) is 55.4 Å². The van der Waals surface area contributed by atoms with Crippen LogP contribution in [0.25, 0.3) is 33.8 Å². The average Bonchev–Trinajstić information content (AvgIpc) is 3.08. The molecule has 0 saturated heterocycles. The van der Waals surface area contributed by atoms with Gasteiger partial charge in [0, 0.05) is 40.7 Å². The van der Waals surface area contributed by atoms with Gasteiger partial charge < -0.3 is 0 Å². The molecule has 0 radical (unpaired) electrons. The number of hydrogen-bond acceptors (Lipinski definition) is 3. The van der Waals surface area contributed by atoms with Gasteiger partial charge >= 0.3 is 0 Å². The molecule has 0 spiro atoms. The standard InChI is InChI=1S/C25H24F2N4/c1-16-3-2-4-17(6-5-16)11-18-13-29-25-22(14-30-31(25)15-18)20-9-10-28-23-8-7-19(24(26)27)12-21(20)23/h7-16,24H,2-6H2,1H3. The molecule has 1 aromatic carbocycles. The second-order valence-electron chi connectivity index (χ2n) is 8.49. The Morgan fingerprint density at radius 3 is 2.84 bits per heavy atom. The Labute approximate surface area is 179 Å². The molecule has 1 unspecified atom stereocenters. The highest BCUT2D eigenvalue weighted by molar-refractivity contribution is 5.98. The van der Waals surface area contributed by atoms with E-state index < -0.39 is 6.43 Å². The van der Waals surface area contributed by atoms with Crippen LogP contribution in [0.1, 0.15) is 56.6 Å². The van der Waals surface area contributed by atoms with Gasteiger partial charge in [-0.15, -0.1) is 0 Å². The van der Waals surface area contributed by atoms with Gasteiger partial charge in [0.2, 0.25) is 0 Å². The molecule has 5 rings (SSSR count). The topological polar surface area (TPSA) is 43.1 Å². The number of rotatable bonds is 3. The second-order valence-corrected chi connectivity index (χ2v) is 8.49. The van der Waals surface area contributed by atoms with Crippen molar-refractivity contribution < 1.29 is 8.78 Å². The van der Waals surface area contributed by atoms with Gasteiger partial charge in [-0.3, -0.25) is 4.98 Å². The van der Waals surface area contributed by atoms with E-state index in [9.17, 15) is 8.78 Å². The van der Waals surface area contributed by atoms with Gasteiger partial charge in [-0.1, -0.05) is 31.1 Å². The molecule has 4 aromatic rings. The maximum atomic E-state index is 13.3. The van der Waals surface area contributed by atoms with E-state index in [4.69, 9.17) is 0 Å². The molecule has 1 atom stereocenters. The van der Waals surface area contributed by atoms with Crippen molar-refractivity contribution in [3.05, 3.63) is 65.8 Å². The predicted octanol–water partition coefficient (Wildman–Crippen LogP) is 6.87. The lowest BCUT2D eigenvalue weighted by atomic mass is 10.0. The predicted molar refractivity (Wildman–Crippen MR) is 119 cm³/mol. The molecule has 1 aliphatic carbocycles. The molecule has 0 amide bonds. The van der Waals surface area contributed by atoms with E-state index in [1.54, 1.807) is 23.0 Å². The molecule has 4 nitrogen and oxygen atoms in total. The summed E-state index contributed by atoms with van der Waals surface area (Å²) in [7, 11) is 0. The van der Waals surface area contributed by atoms with E-state index >= 15 is 0 Å². The van der Waals surface area contributed by atoms with Gasteiger partial charge in [0.25, 0.3) is 6.43 Å². The van der Waals surface area contributed by atoms with Gasteiger partial charge in [-0.2, -0.15) is 5.10 Å². The summed E-state index contributed by atoms with van der Waals surface area (Å²) in [6.07, 6.45) is 13.1. The van der Waals surface area contributed by atoms with Crippen LogP contribution in [-0.4, -0.2) is 19.6 Å². The maximum absolute atomic E-state index is 13.3. The third kappa shape index (κ3) is 3.94. The van der Waals surface area contributed by atoms with Crippen LogP contribution in [0.4, 0.5) is 8.78 Å². The number of hydrogen-bond donors (Lipinski definition) is 0. The summed E-state index contributed by atoms with van der Waals surface area (Å²) in [6.45, 7) is 2.33. The lowest BCUT2D eigenvalue weighted by Gasteiger charge is -2.07. The molecular formula is C25H24F2N4. The van der Waals surface area contributed by atoms with Crippen LogP contribution in [0.15, 0.2) is 54.6 Å². The Kier molecular flexibility index (Phi) is 5.22. The molecule has 0 N–H and O–H groups in total. The molecule has 0 aliphatic heterocycles. The maximum Gasteiger partial charge on any atom is 0.263 e. The quantitative estimate of drug-likeness (QED) is 0.341. The zero-order valence-corrected chi connectivity index (χ0v) is 17.4. The number of benzene rings is 1. The van der Waals surface area contributed by atoms with Crippen molar-refractivity contribution in [1.82, 2.24) is 19.6 Å². The second kappa shape index (κ2) is 8.17. The summed E-state index contributed by atoms with van der Waals surface area (Å²) in [5, 5.41) is 5.18. The Morgan fingerprint density at radius 2 is 1.97 bits per heavy atom. The number of fused-ring (bicyclic) bond motifs is 2. The van der Waals surface area contributed by atoms with E-state index in [2.05, 4.69) is 28.1 Å². The van der Waals surface area contributed by atoms with Crippen LogP contribution in [0.5, 0.6) is 0 Å². The summed E-state index contributed by atoms with van der Waals surface area (Å²) in [5.74, 6) is 0.793. The zero-order valence-electron chi connectivity index (χ0n) is 17.4. The largest absolute Gasteiger partial charge is 0.263 e. The van der Waals surface area contributed by atoms with E-state index in [1.807, 2.05) is 18.5 Å². The highest BCUT2D eigenvalue weighted by atomic mass is 19.3. The number of allylic oxidation sites excluding steroid dienone is 1. The smallest absolute Gasteiger partial charge is 0.256 e. The normalized spacial score (nSPS) is 18.8. The van der Waals surface area contributed by atoms with Gasteiger partial charge in [0.15, 0.2) is 5.65 Å². The van der Waals surface area contributed by atoms with E-state index in [-0.39, 0.29) is 5.56 Å². The molecule has 3 heterocycles. The fourth-order valence-electron chi connectivity index (χ4n) is 4.45. The van der Waals surface area contributed by atoms with Crippen LogP contribution in [-0.2, 0) is 0 Å². The minimum absolute atomic E-state index is 0.0159. The Bertz CT molecular complexity index is 1280. The lowest BCUT2D eigenvalue weighted by molar-refractivity contribution is 0.151. The first-order valence-electron chi connectivity index (χ1n) is 10.8. The first-order chi connectivity index (χ1) is 15.1. The SMILES string of the molecule is CC1CCCC(=Cc2cnc3c(-c4ccnc5ccc(C(F)F)cc45)cnn3c2)CC1. The van der Waals surface area contributed by atoms with Crippen molar-refractivity contribution in [2.24, 2.45) is 5.92 Å². The van der Waals surface area contributed by atoms with Gasteiger partial charge in [0.1, 0.15) is 0 Å². The molecule has 6 heteroatoms.